The molecule has 13 heavy (non-hydrogen) atoms. The van der Waals surface area contributed by atoms with Crippen molar-refractivity contribution in [2.45, 2.75) is 12.8 Å². The van der Waals surface area contributed by atoms with E-state index < -0.39 is 0 Å². The first kappa shape index (κ1) is 8.70. The minimum atomic E-state index is 0.670. The van der Waals surface area contributed by atoms with Crippen molar-refractivity contribution in [3.63, 3.8) is 0 Å². The molecule has 0 aliphatic heterocycles. The number of ether oxygens (including phenoxy) is 1. The highest BCUT2D eigenvalue weighted by atomic mass is 32.1. The molecule has 68 valence electrons. The lowest BCUT2D eigenvalue weighted by molar-refractivity contribution is 0.415. The first-order valence-electron chi connectivity index (χ1n) is 4.49. The molecule has 0 heterocycles. The molecule has 0 N–H and O–H groups in total. The lowest BCUT2D eigenvalue weighted by Crippen LogP contribution is -1.98. The van der Waals surface area contributed by atoms with Crippen molar-refractivity contribution in [1.29, 1.82) is 0 Å². The summed E-state index contributed by atoms with van der Waals surface area (Å²) in [4.78, 5) is 1.11. The molecule has 2 heteroatoms. The zero-order valence-corrected chi connectivity index (χ0v) is 8.43. The molecule has 0 amide bonds. The number of hydrogen-bond acceptors (Lipinski definition) is 2. The Kier molecular flexibility index (Phi) is 2.32. The summed E-state index contributed by atoms with van der Waals surface area (Å²) in [5.41, 5.74) is 1.18. The molecule has 0 unspecified atom stereocenters. The summed E-state index contributed by atoms with van der Waals surface area (Å²) in [5, 5.41) is 0. The Morgan fingerprint density at radius 1 is 1.31 bits per heavy atom. The molecule has 1 aliphatic rings. The van der Waals surface area contributed by atoms with Gasteiger partial charge in [-0.1, -0.05) is 24.4 Å². The van der Waals surface area contributed by atoms with Gasteiger partial charge in [0.25, 0.3) is 0 Å². The maximum atomic E-state index is 5.35. The first-order valence-corrected chi connectivity index (χ1v) is 4.90. The minimum absolute atomic E-state index is 0.670. The summed E-state index contributed by atoms with van der Waals surface area (Å²) in [7, 11) is 1.67. The van der Waals surface area contributed by atoms with E-state index in [4.69, 9.17) is 17.0 Å². The van der Waals surface area contributed by atoms with Crippen LogP contribution in [0.3, 0.4) is 0 Å². The molecule has 0 spiro atoms. The maximum absolute atomic E-state index is 5.35. The molecule has 1 aliphatic carbocycles. The smallest absolute Gasteiger partial charge is 0.118 e. The Labute approximate surface area is 83.7 Å². The highest BCUT2D eigenvalue weighted by molar-refractivity contribution is 7.80. The Balaban J connectivity index is 2.16. The average molecular weight is 192 g/mol. The summed E-state index contributed by atoms with van der Waals surface area (Å²) in [6.07, 6.45) is 2.54. The third kappa shape index (κ3) is 1.89. The van der Waals surface area contributed by atoms with Crippen LogP contribution < -0.4 is 4.74 Å². The third-order valence-electron chi connectivity index (χ3n) is 2.32. The number of thiocarbonyl (C=S) groups is 1. The van der Waals surface area contributed by atoms with Crippen molar-refractivity contribution in [1.82, 2.24) is 0 Å². The fourth-order valence-electron chi connectivity index (χ4n) is 1.34. The summed E-state index contributed by atoms with van der Waals surface area (Å²) < 4.78 is 5.08. The maximum Gasteiger partial charge on any atom is 0.118 e. The zero-order valence-electron chi connectivity index (χ0n) is 7.62. The molecule has 0 bridgehead atoms. The number of methoxy groups -OCH3 is 1. The fraction of sp³-hybridized carbons (Fsp3) is 0.364. The normalized spacial score (nSPS) is 15.5. The second kappa shape index (κ2) is 3.46. The van der Waals surface area contributed by atoms with E-state index >= 15 is 0 Å². The van der Waals surface area contributed by atoms with Crippen LogP contribution in [0.4, 0.5) is 0 Å². The molecule has 0 radical (unpaired) electrons. The molecular weight excluding hydrogens is 180 g/mol. The fourth-order valence-corrected chi connectivity index (χ4v) is 1.71. The molecule has 1 saturated carbocycles. The number of benzene rings is 1. The van der Waals surface area contributed by atoms with Crippen LogP contribution in [0.15, 0.2) is 24.3 Å². The Morgan fingerprint density at radius 3 is 2.38 bits per heavy atom. The van der Waals surface area contributed by atoms with Gasteiger partial charge in [0.15, 0.2) is 0 Å². The topological polar surface area (TPSA) is 9.23 Å². The summed E-state index contributed by atoms with van der Waals surface area (Å²) in [6, 6.07) is 8.01. The predicted molar refractivity (Wildman–Crippen MR) is 57.4 cm³/mol. The molecule has 0 aromatic heterocycles. The molecule has 1 aromatic rings. The summed E-state index contributed by atoms with van der Waals surface area (Å²) in [5.74, 6) is 1.56. The van der Waals surface area contributed by atoms with Gasteiger partial charge < -0.3 is 4.74 Å². The third-order valence-corrected chi connectivity index (χ3v) is 2.89. The van der Waals surface area contributed by atoms with Crippen LogP contribution in [-0.2, 0) is 0 Å². The highest BCUT2D eigenvalue weighted by Gasteiger charge is 2.26. The van der Waals surface area contributed by atoms with Crippen molar-refractivity contribution in [3.05, 3.63) is 29.8 Å². The monoisotopic (exact) mass is 192 g/mol. The van der Waals surface area contributed by atoms with Crippen molar-refractivity contribution in [2.75, 3.05) is 7.11 Å². The average Bonchev–Trinajstić information content (AvgIpc) is 3.00. The molecule has 0 atom stereocenters. The van der Waals surface area contributed by atoms with Crippen molar-refractivity contribution >= 4 is 17.1 Å². The Morgan fingerprint density at radius 2 is 1.92 bits per heavy atom. The zero-order chi connectivity index (χ0) is 9.26. The number of rotatable bonds is 3. The second-order valence-electron chi connectivity index (χ2n) is 3.37. The Bertz CT molecular complexity index is 311. The van der Waals surface area contributed by atoms with Crippen LogP contribution in [0.25, 0.3) is 0 Å². The molecule has 0 saturated heterocycles. The van der Waals surface area contributed by atoms with E-state index in [0.717, 1.165) is 10.6 Å². The number of hydrogen-bond donors (Lipinski definition) is 0. The van der Waals surface area contributed by atoms with Crippen LogP contribution in [0.2, 0.25) is 0 Å². The minimum Gasteiger partial charge on any atom is -0.497 e. The molecule has 1 nitrogen and oxygen atoms in total. The molecular formula is C11H12OS. The van der Waals surface area contributed by atoms with E-state index in [9.17, 15) is 0 Å². The van der Waals surface area contributed by atoms with Gasteiger partial charge in [0.05, 0.1) is 7.11 Å². The van der Waals surface area contributed by atoms with Gasteiger partial charge in [-0.3, -0.25) is 0 Å². The SMILES string of the molecule is COc1ccc(C(=S)C2CC2)cc1. The van der Waals surface area contributed by atoms with Crippen LogP contribution in [0.5, 0.6) is 5.75 Å². The van der Waals surface area contributed by atoms with Gasteiger partial charge in [-0.25, -0.2) is 0 Å². The van der Waals surface area contributed by atoms with E-state index in [1.54, 1.807) is 7.11 Å². The lowest BCUT2D eigenvalue weighted by Gasteiger charge is -2.03. The van der Waals surface area contributed by atoms with Gasteiger partial charge >= 0.3 is 0 Å². The van der Waals surface area contributed by atoms with E-state index in [1.165, 1.54) is 18.4 Å². The van der Waals surface area contributed by atoms with Crippen LogP contribution in [0, 0.1) is 5.92 Å². The van der Waals surface area contributed by atoms with Crippen LogP contribution in [0.1, 0.15) is 18.4 Å². The lowest BCUT2D eigenvalue weighted by atomic mass is 10.1. The molecule has 1 fully saturated rings. The van der Waals surface area contributed by atoms with Gasteiger partial charge in [-0.2, -0.15) is 0 Å². The van der Waals surface area contributed by atoms with Gasteiger partial charge in [-0.05, 0) is 36.5 Å². The quantitative estimate of drug-likeness (QED) is 0.538. The van der Waals surface area contributed by atoms with Gasteiger partial charge in [-0.15, -0.1) is 0 Å². The molecule has 1 aromatic carbocycles. The van der Waals surface area contributed by atoms with E-state index in [-0.39, 0.29) is 0 Å². The largest absolute Gasteiger partial charge is 0.497 e. The standard InChI is InChI=1S/C11H12OS/c1-12-10-6-4-9(5-7-10)11(13)8-2-3-8/h4-8H,2-3H2,1H3. The van der Waals surface area contributed by atoms with E-state index in [1.807, 2.05) is 24.3 Å². The van der Waals surface area contributed by atoms with Crippen molar-refractivity contribution in [2.24, 2.45) is 5.92 Å². The predicted octanol–water partition coefficient (Wildman–Crippen LogP) is 2.82. The summed E-state index contributed by atoms with van der Waals surface area (Å²) in [6.45, 7) is 0. The van der Waals surface area contributed by atoms with Gasteiger partial charge in [0.1, 0.15) is 5.75 Å². The van der Waals surface area contributed by atoms with E-state index in [0.29, 0.717) is 5.92 Å². The highest BCUT2D eigenvalue weighted by Crippen LogP contribution is 2.33. The van der Waals surface area contributed by atoms with Crippen molar-refractivity contribution < 1.29 is 4.74 Å². The Hall–Kier alpha value is -0.890. The summed E-state index contributed by atoms with van der Waals surface area (Å²) >= 11 is 5.35. The van der Waals surface area contributed by atoms with Gasteiger partial charge in [0.2, 0.25) is 0 Å². The van der Waals surface area contributed by atoms with E-state index in [2.05, 4.69) is 0 Å². The van der Waals surface area contributed by atoms with Crippen molar-refractivity contribution in [3.8, 4) is 5.75 Å². The molecule has 2 rings (SSSR count). The van der Waals surface area contributed by atoms with Crippen LogP contribution in [-0.4, -0.2) is 12.0 Å². The van der Waals surface area contributed by atoms with Crippen LogP contribution >= 0.6 is 12.2 Å². The first-order chi connectivity index (χ1) is 6.31. The second-order valence-corrected chi connectivity index (χ2v) is 3.81. The van der Waals surface area contributed by atoms with Gasteiger partial charge in [0, 0.05) is 4.86 Å².